The fraction of sp³-hybridized carbons (Fsp3) is 0.192. The number of amidine groups is 1. The molecule has 6 nitrogen and oxygen atoms in total. The van der Waals surface area contributed by atoms with Gasteiger partial charge in [-0.1, -0.05) is 46.1 Å². The topological polar surface area (TPSA) is 74.2 Å². The molecule has 0 saturated heterocycles. The minimum absolute atomic E-state index is 0.118. The molecule has 0 saturated carbocycles. The van der Waals surface area contributed by atoms with E-state index in [9.17, 15) is 0 Å². The molecule has 0 spiro atoms. The standard InChI is InChI=1S/C26H28N6/c1-17(24-16-27-22-8-6-7-9-23(22)32-24)29-20-10-12-21(13-11-20)30-18(2)31-25-14-19(15-28-25)26(3,4)5/h6-14,16,29-30H,1-2,15H2,3-5H3,(H,28,31). The molecule has 0 unspecified atom stereocenters. The molecule has 2 heterocycles. The van der Waals surface area contributed by atoms with E-state index >= 15 is 0 Å². The van der Waals surface area contributed by atoms with E-state index < -0.39 is 0 Å². The van der Waals surface area contributed by atoms with Crippen molar-refractivity contribution < 1.29 is 0 Å². The van der Waals surface area contributed by atoms with Gasteiger partial charge in [0.2, 0.25) is 0 Å². The summed E-state index contributed by atoms with van der Waals surface area (Å²) in [7, 11) is 0. The first-order valence-corrected chi connectivity index (χ1v) is 10.5. The summed E-state index contributed by atoms with van der Waals surface area (Å²) in [5.41, 5.74) is 6.36. The van der Waals surface area contributed by atoms with Crippen LogP contribution in [0, 0.1) is 5.41 Å². The van der Waals surface area contributed by atoms with Crippen LogP contribution >= 0.6 is 0 Å². The third-order valence-electron chi connectivity index (χ3n) is 5.21. The van der Waals surface area contributed by atoms with Crippen molar-refractivity contribution in [1.82, 2.24) is 15.3 Å². The van der Waals surface area contributed by atoms with Crippen LogP contribution in [0.2, 0.25) is 0 Å². The number of aromatic nitrogens is 2. The summed E-state index contributed by atoms with van der Waals surface area (Å²) in [4.78, 5) is 13.6. The van der Waals surface area contributed by atoms with Gasteiger partial charge in [0.1, 0.15) is 17.4 Å². The number of nitrogens with zero attached hydrogens (tertiary/aromatic N) is 3. The van der Waals surface area contributed by atoms with Crippen molar-refractivity contribution in [1.29, 1.82) is 0 Å². The molecule has 0 aliphatic carbocycles. The molecule has 32 heavy (non-hydrogen) atoms. The number of aliphatic imine (C=N–C) groups is 1. The fourth-order valence-electron chi connectivity index (χ4n) is 3.29. The Morgan fingerprint density at radius 3 is 2.19 bits per heavy atom. The largest absolute Gasteiger partial charge is 0.354 e. The highest BCUT2D eigenvalue weighted by Gasteiger charge is 2.21. The van der Waals surface area contributed by atoms with E-state index in [1.54, 1.807) is 6.20 Å². The van der Waals surface area contributed by atoms with Gasteiger partial charge in [0.25, 0.3) is 0 Å². The Bertz CT molecular complexity index is 1230. The minimum atomic E-state index is 0.118. The molecule has 3 N–H and O–H groups in total. The van der Waals surface area contributed by atoms with E-state index in [-0.39, 0.29) is 5.41 Å². The lowest BCUT2D eigenvalue weighted by atomic mass is 9.87. The number of benzene rings is 2. The Hall–Kier alpha value is -3.93. The molecular weight excluding hydrogens is 396 g/mol. The molecule has 0 atom stereocenters. The summed E-state index contributed by atoms with van der Waals surface area (Å²) in [6, 6.07) is 15.7. The van der Waals surface area contributed by atoms with Crippen LogP contribution in [0.25, 0.3) is 16.7 Å². The number of fused-ring (bicyclic) bond motifs is 1. The van der Waals surface area contributed by atoms with Crippen LogP contribution in [0.3, 0.4) is 0 Å². The third kappa shape index (κ3) is 5.03. The van der Waals surface area contributed by atoms with Crippen LogP contribution < -0.4 is 16.0 Å². The maximum absolute atomic E-state index is 4.62. The number of para-hydroxylation sites is 2. The van der Waals surface area contributed by atoms with Crippen molar-refractivity contribution >= 4 is 33.9 Å². The van der Waals surface area contributed by atoms with Crippen LogP contribution in [-0.4, -0.2) is 22.3 Å². The number of hydrogen-bond donors (Lipinski definition) is 3. The van der Waals surface area contributed by atoms with Gasteiger partial charge in [-0.2, -0.15) is 0 Å². The van der Waals surface area contributed by atoms with Gasteiger partial charge in [-0.15, -0.1) is 0 Å². The van der Waals surface area contributed by atoms with E-state index in [1.807, 2.05) is 48.5 Å². The molecule has 4 rings (SSSR count). The van der Waals surface area contributed by atoms with Gasteiger partial charge in [-0.05, 0) is 53.5 Å². The van der Waals surface area contributed by atoms with Crippen LogP contribution in [0.15, 0.2) is 90.3 Å². The average molecular weight is 425 g/mol. The van der Waals surface area contributed by atoms with Gasteiger partial charge in [0.05, 0.1) is 29.5 Å². The first-order chi connectivity index (χ1) is 15.3. The van der Waals surface area contributed by atoms with Crippen LogP contribution in [0.1, 0.15) is 26.5 Å². The lowest BCUT2D eigenvalue weighted by Gasteiger charge is -2.18. The highest BCUT2D eigenvalue weighted by Crippen LogP contribution is 2.27. The molecular formula is C26H28N6. The molecule has 2 aromatic carbocycles. The predicted molar refractivity (Wildman–Crippen MR) is 134 cm³/mol. The predicted octanol–water partition coefficient (Wildman–Crippen LogP) is 5.57. The number of rotatable bonds is 6. The van der Waals surface area contributed by atoms with Crippen molar-refractivity contribution in [3.8, 4) is 0 Å². The summed E-state index contributed by atoms with van der Waals surface area (Å²) < 4.78 is 0. The van der Waals surface area contributed by atoms with Gasteiger partial charge in [-0.3, -0.25) is 9.98 Å². The lowest BCUT2D eigenvalue weighted by molar-refractivity contribution is 0.499. The summed E-state index contributed by atoms with van der Waals surface area (Å²) in [6.45, 7) is 15.5. The van der Waals surface area contributed by atoms with Crippen LogP contribution in [0.4, 0.5) is 11.4 Å². The minimum Gasteiger partial charge on any atom is -0.354 e. The summed E-state index contributed by atoms with van der Waals surface area (Å²) in [6.07, 6.45) is 3.83. The Kier molecular flexibility index (Phi) is 5.77. The van der Waals surface area contributed by atoms with Crippen LogP contribution in [0.5, 0.6) is 0 Å². The molecule has 1 aliphatic heterocycles. The zero-order valence-corrected chi connectivity index (χ0v) is 18.7. The average Bonchev–Trinajstić information content (AvgIpc) is 3.23. The second kappa shape index (κ2) is 8.67. The molecule has 0 amide bonds. The third-order valence-corrected chi connectivity index (χ3v) is 5.21. The Morgan fingerprint density at radius 2 is 1.53 bits per heavy atom. The number of hydrogen-bond acceptors (Lipinski definition) is 6. The lowest BCUT2D eigenvalue weighted by Crippen LogP contribution is -2.24. The smallest absolute Gasteiger partial charge is 0.126 e. The molecule has 1 aromatic heterocycles. The monoisotopic (exact) mass is 424 g/mol. The Morgan fingerprint density at radius 1 is 0.875 bits per heavy atom. The van der Waals surface area contributed by atoms with Gasteiger partial charge in [-0.25, -0.2) is 4.98 Å². The van der Waals surface area contributed by atoms with Crippen molar-refractivity contribution in [3.63, 3.8) is 0 Å². The van der Waals surface area contributed by atoms with Crippen molar-refractivity contribution in [3.05, 3.63) is 91.0 Å². The fourth-order valence-corrected chi connectivity index (χ4v) is 3.29. The molecule has 162 valence electrons. The van der Waals surface area contributed by atoms with E-state index in [4.69, 9.17) is 0 Å². The van der Waals surface area contributed by atoms with Gasteiger partial charge in [0, 0.05) is 11.4 Å². The van der Waals surface area contributed by atoms with E-state index in [0.717, 1.165) is 34.8 Å². The summed E-state index contributed by atoms with van der Waals surface area (Å²) in [5.74, 6) is 1.50. The zero-order chi connectivity index (χ0) is 22.7. The maximum Gasteiger partial charge on any atom is 0.126 e. The normalized spacial score (nSPS) is 13.3. The second-order valence-electron chi connectivity index (χ2n) is 8.77. The molecule has 1 aliphatic rings. The SMILES string of the molecule is C=C(NC1=NCC(C(C)(C)C)=C1)Nc1ccc(NC(=C)c2cnc3ccccc3n2)cc1. The highest BCUT2D eigenvalue weighted by atomic mass is 15.1. The van der Waals surface area contributed by atoms with Gasteiger partial charge < -0.3 is 16.0 Å². The van der Waals surface area contributed by atoms with Gasteiger partial charge in [0.15, 0.2) is 0 Å². The molecule has 0 radical (unpaired) electrons. The number of nitrogens with one attached hydrogen (secondary N) is 3. The molecule has 3 aromatic rings. The van der Waals surface area contributed by atoms with Gasteiger partial charge >= 0.3 is 0 Å². The first kappa shape index (κ1) is 21.3. The van der Waals surface area contributed by atoms with Crippen LogP contribution in [-0.2, 0) is 0 Å². The molecule has 0 bridgehead atoms. The second-order valence-corrected chi connectivity index (χ2v) is 8.77. The zero-order valence-electron chi connectivity index (χ0n) is 18.7. The number of anilines is 2. The first-order valence-electron chi connectivity index (χ1n) is 10.5. The Balaban J connectivity index is 1.34. The van der Waals surface area contributed by atoms with E-state index in [2.05, 4.69) is 70.9 Å². The summed E-state index contributed by atoms with van der Waals surface area (Å²) in [5, 5.41) is 9.79. The van der Waals surface area contributed by atoms with E-state index in [1.165, 1.54) is 5.57 Å². The quantitative estimate of drug-likeness (QED) is 0.482. The Labute approximate surface area is 188 Å². The van der Waals surface area contributed by atoms with Crippen molar-refractivity contribution in [2.45, 2.75) is 20.8 Å². The highest BCUT2D eigenvalue weighted by molar-refractivity contribution is 5.97. The molecule has 6 heteroatoms. The van der Waals surface area contributed by atoms with Crippen molar-refractivity contribution in [2.24, 2.45) is 10.4 Å². The maximum atomic E-state index is 4.62. The van der Waals surface area contributed by atoms with Crippen molar-refractivity contribution in [2.75, 3.05) is 17.2 Å². The molecule has 0 fully saturated rings. The van der Waals surface area contributed by atoms with E-state index in [0.29, 0.717) is 17.2 Å². The summed E-state index contributed by atoms with van der Waals surface area (Å²) >= 11 is 0.